The van der Waals surface area contributed by atoms with Gasteiger partial charge in [0.15, 0.2) is 0 Å². The fourth-order valence-corrected chi connectivity index (χ4v) is 2.23. The molecule has 4 nitrogen and oxygen atoms in total. The fraction of sp³-hybridized carbons (Fsp3) is 0.733. The zero-order valence-corrected chi connectivity index (χ0v) is 13.0. The lowest BCUT2D eigenvalue weighted by molar-refractivity contribution is 0.0210. The first kappa shape index (κ1) is 15.9. The smallest absolute Gasteiger partial charge is 0.129 e. The lowest BCUT2D eigenvalue weighted by Gasteiger charge is -2.33. The number of aromatic nitrogens is 2. The van der Waals surface area contributed by atoms with Gasteiger partial charge in [-0.2, -0.15) is 0 Å². The summed E-state index contributed by atoms with van der Waals surface area (Å²) in [4.78, 5) is 8.74. The molecule has 0 amide bonds. The van der Waals surface area contributed by atoms with Crippen molar-refractivity contribution in [2.75, 3.05) is 11.9 Å². The topological polar surface area (TPSA) is 58.0 Å². The molecule has 0 aliphatic heterocycles. The van der Waals surface area contributed by atoms with E-state index >= 15 is 0 Å². The summed E-state index contributed by atoms with van der Waals surface area (Å²) in [5.41, 5.74) is 0.844. The molecule has 0 bridgehead atoms. The monoisotopic (exact) mass is 265 g/mol. The highest BCUT2D eigenvalue weighted by Crippen LogP contribution is 2.26. The Morgan fingerprint density at radius 3 is 2.47 bits per heavy atom. The van der Waals surface area contributed by atoms with Crippen LogP contribution in [0.15, 0.2) is 6.07 Å². The Kier molecular flexibility index (Phi) is 5.29. The minimum Gasteiger partial charge on any atom is -0.392 e. The van der Waals surface area contributed by atoms with Crippen LogP contribution in [-0.4, -0.2) is 27.7 Å². The van der Waals surface area contributed by atoms with Crippen molar-refractivity contribution in [3.8, 4) is 0 Å². The highest BCUT2D eigenvalue weighted by Gasteiger charge is 2.30. The molecule has 1 aromatic heterocycles. The van der Waals surface area contributed by atoms with Crippen LogP contribution in [0.3, 0.4) is 0 Å². The number of aliphatic hydroxyl groups excluding tert-OH is 1. The molecule has 4 heteroatoms. The lowest BCUT2D eigenvalue weighted by Crippen LogP contribution is -2.39. The molecule has 1 rings (SSSR count). The van der Waals surface area contributed by atoms with Crippen molar-refractivity contribution in [3.63, 3.8) is 0 Å². The number of nitrogens with one attached hydrogen (secondary N) is 1. The van der Waals surface area contributed by atoms with Crippen molar-refractivity contribution in [1.82, 2.24) is 9.97 Å². The zero-order valence-electron chi connectivity index (χ0n) is 13.0. The molecule has 0 saturated heterocycles. The van der Waals surface area contributed by atoms with Crippen LogP contribution in [0.2, 0.25) is 0 Å². The molecule has 0 radical (unpaired) electrons. The molecule has 0 aliphatic rings. The second kappa shape index (κ2) is 6.33. The van der Waals surface area contributed by atoms with Crippen LogP contribution in [0.5, 0.6) is 0 Å². The third kappa shape index (κ3) is 4.46. The van der Waals surface area contributed by atoms with Crippen LogP contribution in [0.1, 0.15) is 46.1 Å². The van der Waals surface area contributed by atoms with E-state index in [0.29, 0.717) is 6.54 Å². The molecular formula is C15H27N3O. The van der Waals surface area contributed by atoms with Crippen molar-refractivity contribution < 1.29 is 5.11 Å². The van der Waals surface area contributed by atoms with E-state index in [9.17, 15) is 5.11 Å². The quantitative estimate of drug-likeness (QED) is 0.830. The summed E-state index contributed by atoms with van der Waals surface area (Å²) in [6, 6.07) is 1.98. The molecule has 1 aromatic rings. The molecular weight excluding hydrogens is 238 g/mol. The van der Waals surface area contributed by atoms with Crippen molar-refractivity contribution >= 4 is 5.82 Å². The minimum absolute atomic E-state index is 0.195. The van der Waals surface area contributed by atoms with E-state index < -0.39 is 0 Å². The number of aliphatic hydroxyl groups is 1. The van der Waals surface area contributed by atoms with Gasteiger partial charge in [-0.15, -0.1) is 0 Å². The van der Waals surface area contributed by atoms with E-state index in [0.717, 1.165) is 23.8 Å². The van der Waals surface area contributed by atoms with Gasteiger partial charge in [-0.25, -0.2) is 9.97 Å². The summed E-state index contributed by atoms with van der Waals surface area (Å²) in [6.07, 6.45) is 0.560. The zero-order chi connectivity index (χ0) is 14.6. The van der Waals surface area contributed by atoms with Gasteiger partial charge in [0.1, 0.15) is 11.6 Å². The van der Waals surface area contributed by atoms with Crippen molar-refractivity contribution in [1.29, 1.82) is 0 Å². The first-order valence-electron chi connectivity index (χ1n) is 7.02. The number of hydrogen-bond donors (Lipinski definition) is 2. The fourth-order valence-electron chi connectivity index (χ4n) is 2.23. The first-order valence-corrected chi connectivity index (χ1v) is 7.02. The van der Waals surface area contributed by atoms with Crippen LogP contribution < -0.4 is 5.32 Å². The molecule has 0 fully saturated rings. The Morgan fingerprint density at radius 1 is 1.32 bits per heavy atom. The van der Waals surface area contributed by atoms with E-state index in [4.69, 9.17) is 0 Å². The number of aryl methyl sites for hydroxylation is 2. The summed E-state index contributed by atoms with van der Waals surface area (Å²) < 4.78 is 0. The van der Waals surface area contributed by atoms with Crippen LogP contribution in [0, 0.1) is 18.3 Å². The van der Waals surface area contributed by atoms with Gasteiger partial charge in [0.05, 0.1) is 6.10 Å². The van der Waals surface area contributed by atoms with E-state index in [1.165, 1.54) is 0 Å². The van der Waals surface area contributed by atoms with Gasteiger partial charge in [0, 0.05) is 23.7 Å². The maximum absolute atomic E-state index is 10.2. The molecule has 0 aliphatic carbocycles. The highest BCUT2D eigenvalue weighted by atomic mass is 16.3. The Balaban J connectivity index is 2.73. The number of hydrogen-bond acceptors (Lipinski definition) is 4. The van der Waals surface area contributed by atoms with Gasteiger partial charge in [0.2, 0.25) is 0 Å². The largest absolute Gasteiger partial charge is 0.392 e. The number of nitrogens with zero attached hydrogens (tertiary/aromatic N) is 2. The lowest BCUT2D eigenvalue weighted by atomic mass is 9.81. The Labute approximate surface area is 116 Å². The molecule has 0 aromatic carbocycles. The normalized spacial score (nSPS) is 13.7. The highest BCUT2D eigenvalue weighted by molar-refractivity contribution is 5.36. The van der Waals surface area contributed by atoms with Crippen LogP contribution >= 0.6 is 0 Å². The third-order valence-electron chi connectivity index (χ3n) is 3.41. The molecule has 108 valence electrons. The van der Waals surface area contributed by atoms with E-state index in [2.05, 4.69) is 36.1 Å². The van der Waals surface area contributed by atoms with Gasteiger partial charge < -0.3 is 10.4 Å². The van der Waals surface area contributed by atoms with Crippen molar-refractivity contribution in [3.05, 3.63) is 17.6 Å². The number of rotatable bonds is 6. The SMILES string of the molecule is CCc1cc(NCC(C)(C)C(O)C(C)C)nc(C)n1. The molecule has 1 atom stereocenters. The molecule has 2 N–H and O–H groups in total. The van der Waals surface area contributed by atoms with Gasteiger partial charge in [-0.1, -0.05) is 34.6 Å². The third-order valence-corrected chi connectivity index (χ3v) is 3.41. The predicted molar refractivity (Wildman–Crippen MR) is 79.3 cm³/mol. The average Bonchev–Trinajstić information content (AvgIpc) is 2.34. The predicted octanol–water partition coefficient (Wildman–Crippen LogP) is 2.80. The summed E-state index contributed by atoms with van der Waals surface area (Å²) in [5, 5.41) is 13.5. The van der Waals surface area contributed by atoms with E-state index in [1.54, 1.807) is 0 Å². The van der Waals surface area contributed by atoms with E-state index in [-0.39, 0.29) is 17.4 Å². The maximum Gasteiger partial charge on any atom is 0.129 e. The second-order valence-corrected chi connectivity index (χ2v) is 6.18. The molecule has 1 heterocycles. The van der Waals surface area contributed by atoms with Gasteiger partial charge in [-0.3, -0.25) is 0 Å². The minimum atomic E-state index is -0.339. The molecule has 0 saturated carbocycles. The first-order chi connectivity index (χ1) is 8.76. The van der Waals surface area contributed by atoms with Crippen molar-refractivity contribution in [2.45, 2.75) is 54.1 Å². The summed E-state index contributed by atoms with van der Waals surface area (Å²) in [7, 11) is 0. The number of anilines is 1. The summed E-state index contributed by atoms with van der Waals surface area (Å²) >= 11 is 0. The van der Waals surface area contributed by atoms with Crippen LogP contribution in [-0.2, 0) is 6.42 Å². The average molecular weight is 265 g/mol. The van der Waals surface area contributed by atoms with Gasteiger partial charge in [-0.05, 0) is 19.3 Å². The summed E-state index contributed by atoms with van der Waals surface area (Å²) in [6.45, 7) is 12.9. The van der Waals surface area contributed by atoms with Gasteiger partial charge in [0.25, 0.3) is 0 Å². The van der Waals surface area contributed by atoms with Crippen molar-refractivity contribution in [2.24, 2.45) is 11.3 Å². The maximum atomic E-state index is 10.2. The van der Waals surface area contributed by atoms with Crippen LogP contribution in [0.4, 0.5) is 5.82 Å². The molecule has 1 unspecified atom stereocenters. The molecule has 19 heavy (non-hydrogen) atoms. The van der Waals surface area contributed by atoms with Gasteiger partial charge >= 0.3 is 0 Å². The second-order valence-electron chi connectivity index (χ2n) is 6.18. The van der Waals surface area contributed by atoms with Crippen LogP contribution in [0.25, 0.3) is 0 Å². The van der Waals surface area contributed by atoms with E-state index in [1.807, 2.05) is 26.8 Å². The Morgan fingerprint density at radius 2 is 1.95 bits per heavy atom. The standard InChI is InChI=1S/C15H27N3O/c1-7-12-8-13(18-11(4)17-12)16-9-15(5,6)14(19)10(2)3/h8,10,14,19H,7,9H2,1-6H3,(H,16,17,18). The molecule has 0 spiro atoms. The Bertz CT molecular complexity index is 416. The Hall–Kier alpha value is -1.16. The summed E-state index contributed by atoms with van der Waals surface area (Å²) in [5.74, 6) is 1.87.